The van der Waals surface area contributed by atoms with E-state index < -0.39 is 16.1 Å². The predicted molar refractivity (Wildman–Crippen MR) is 91.9 cm³/mol. The maximum atomic E-state index is 12.8. The number of hydrogen-bond acceptors (Lipinski definition) is 5. The summed E-state index contributed by atoms with van der Waals surface area (Å²) in [5.41, 5.74) is 0.458. The monoisotopic (exact) mass is 367 g/mol. The molecule has 136 valence electrons. The second-order valence-electron chi connectivity index (χ2n) is 5.97. The van der Waals surface area contributed by atoms with Crippen LogP contribution in [0, 0.1) is 0 Å². The van der Waals surface area contributed by atoms with Crippen LogP contribution in [0.4, 0.5) is 5.69 Å². The summed E-state index contributed by atoms with van der Waals surface area (Å²) in [7, 11) is -3.52. The predicted octanol–water partition coefficient (Wildman–Crippen LogP) is -0.0957. The first kappa shape index (κ1) is 17.5. The molecule has 0 aliphatic carbocycles. The molecule has 2 amide bonds. The Bertz CT molecular complexity index is 759. The Morgan fingerprint density at radius 1 is 1.24 bits per heavy atom. The van der Waals surface area contributed by atoms with Gasteiger partial charge in [0.25, 0.3) is 5.91 Å². The Morgan fingerprint density at radius 3 is 2.56 bits per heavy atom. The van der Waals surface area contributed by atoms with Crippen molar-refractivity contribution in [1.29, 1.82) is 0 Å². The molecule has 1 fully saturated rings. The van der Waals surface area contributed by atoms with E-state index in [1.807, 2.05) is 0 Å². The molecule has 2 heterocycles. The summed E-state index contributed by atoms with van der Waals surface area (Å²) in [4.78, 5) is 26.8. The first-order valence-electron chi connectivity index (χ1n) is 8.20. The smallest absolute Gasteiger partial charge is 0.265 e. The van der Waals surface area contributed by atoms with Gasteiger partial charge in [-0.25, -0.2) is 8.42 Å². The van der Waals surface area contributed by atoms with Crippen LogP contribution in [0.5, 0.6) is 5.75 Å². The van der Waals surface area contributed by atoms with E-state index >= 15 is 0 Å². The molecule has 1 aromatic carbocycles. The van der Waals surface area contributed by atoms with Crippen LogP contribution in [0.25, 0.3) is 0 Å². The molecule has 2 aliphatic rings. The van der Waals surface area contributed by atoms with Crippen LogP contribution in [0.15, 0.2) is 24.3 Å². The molecule has 1 atom stereocenters. The van der Waals surface area contributed by atoms with Crippen molar-refractivity contribution in [3.63, 3.8) is 0 Å². The van der Waals surface area contributed by atoms with E-state index in [-0.39, 0.29) is 18.2 Å². The summed E-state index contributed by atoms with van der Waals surface area (Å²) < 4.78 is 31.9. The van der Waals surface area contributed by atoms with E-state index in [0.717, 1.165) is 6.41 Å². The average Bonchev–Trinajstić information content (AvgIpc) is 2.66. The van der Waals surface area contributed by atoms with E-state index in [4.69, 9.17) is 4.74 Å². The Labute approximate surface area is 147 Å². The van der Waals surface area contributed by atoms with E-state index in [2.05, 4.69) is 0 Å². The van der Waals surface area contributed by atoms with Crippen molar-refractivity contribution in [3.05, 3.63) is 24.3 Å². The number of fused-ring (bicyclic) bond motifs is 1. The van der Waals surface area contributed by atoms with Crippen molar-refractivity contribution in [2.45, 2.75) is 13.0 Å². The fourth-order valence-electron chi connectivity index (χ4n) is 3.00. The minimum Gasteiger partial charge on any atom is -0.476 e. The zero-order valence-electron chi connectivity index (χ0n) is 14.0. The minimum atomic E-state index is -3.52. The lowest BCUT2D eigenvalue weighted by Gasteiger charge is -2.38. The summed E-state index contributed by atoms with van der Waals surface area (Å²) in [6.07, 6.45) is -0.121. The lowest BCUT2D eigenvalue weighted by Crippen LogP contribution is -2.56. The van der Waals surface area contributed by atoms with Gasteiger partial charge in [-0.15, -0.1) is 0 Å². The number of amides is 2. The highest BCUT2D eigenvalue weighted by molar-refractivity contribution is 7.92. The number of para-hydroxylation sites is 2. The maximum Gasteiger partial charge on any atom is 0.265 e. The normalized spacial score (nSPS) is 20.7. The number of piperazine rings is 1. The summed E-state index contributed by atoms with van der Waals surface area (Å²) in [6.45, 7) is 3.30. The van der Waals surface area contributed by atoms with Crippen LogP contribution in [-0.4, -0.2) is 75.1 Å². The number of anilines is 1. The standard InChI is InChI=1S/C16H21N3O5S/c1-2-25(22,23)19-11-15(24-14-6-4-3-5-13(14)19)16(21)18-9-7-17(12-20)8-10-18/h3-6,12,15H,2,7-11H2,1H3/t15-/m1/s1. The number of nitrogens with zero attached hydrogens (tertiary/aromatic N) is 3. The summed E-state index contributed by atoms with van der Waals surface area (Å²) >= 11 is 0. The molecule has 1 saturated heterocycles. The first-order chi connectivity index (χ1) is 12.0. The first-order valence-corrected chi connectivity index (χ1v) is 9.81. The Kier molecular flexibility index (Phi) is 4.85. The van der Waals surface area contributed by atoms with E-state index in [9.17, 15) is 18.0 Å². The molecule has 0 saturated carbocycles. The maximum absolute atomic E-state index is 12.8. The molecular weight excluding hydrogens is 346 g/mol. The van der Waals surface area contributed by atoms with Gasteiger partial charge >= 0.3 is 0 Å². The molecule has 9 heteroatoms. The fraction of sp³-hybridized carbons (Fsp3) is 0.500. The van der Waals surface area contributed by atoms with Gasteiger partial charge < -0.3 is 14.5 Å². The summed E-state index contributed by atoms with van der Waals surface area (Å²) in [5, 5.41) is 0. The number of rotatable bonds is 4. The number of benzene rings is 1. The van der Waals surface area contributed by atoms with Crippen molar-refractivity contribution >= 4 is 28.0 Å². The van der Waals surface area contributed by atoms with Crippen LogP contribution >= 0.6 is 0 Å². The third-order valence-electron chi connectivity index (χ3n) is 4.49. The van der Waals surface area contributed by atoms with Crippen LogP contribution in [0.2, 0.25) is 0 Å². The quantitative estimate of drug-likeness (QED) is 0.694. The number of ether oxygens (including phenoxy) is 1. The summed E-state index contributed by atoms with van der Waals surface area (Å²) in [6, 6.07) is 6.82. The molecule has 8 nitrogen and oxygen atoms in total. The molecule has 1 aromatic rings. The summed E-state index contributed by atoms with van der Waals surface area (Å²) in [5.74, 6) is 0.0762. The molecule has 0 bridgehead atoms. The van der Waals surface area contributed by atoms with E-state index in [0.29, 0.717) is 37.6 Å². The zero-order chi connectivity index (χ0) is 18.0. The molecule has 0 radical (unpaired) electrons. The average molecular weight is 367 g/mol. The highest BCUT2D eigenvalue weighted by Gasteiger charge is 2.38. The third kappa shape index (κ3) is 3.41. The Balaban J connectivity index is 1.82. The zero-order valence-corrected chi connectivity index (χ0v) is 14.8. The molecule has 0 unspecified atom stereocenters. The molecule has 0 spiro atoms. The van der Waals surface area contributed by atoms with Gasteiger partial charge in [-0.3, -0.25) is 13.9 Å². The Morgan fingerprint density at radius 2 is 1.92 bits per heavy atom. The lowest BCUT2D eigenvalue weighted by molar-refractivity contribution is -0.141. The highest BCUT2D eigenvalue weighted by Crippen LogP contribution is 2.35. The molecular formula is C16H21N3O5S. The Hall–Kier alpha value is -2.29. The van der Waals surface area contributed by atoms with Gasteiger partial charge in [-0.05, 0) is 19.1 Å². The van der Waals surface area contributed by atoms with Gasteiger partial charge in [0.2, 0.25) is 16.4 Å². The van der Waals surface area contributed by atoms with Crippen molar-refractivity contribution in [1.82, 2.24) is 9.80 Å². The highest BCUT2D eigenvalue weighted by atomic mass is 32.2. The van der Waals surface area contributed by atoms with Gasteiger partial charge in [0.05, 0.1) is 18.0 Å². The van der Waals surface area contributed by atoms with E-state index in [1.165, 1.54) is 4.31 Å². The largest absolute Gasteiger partial charge is 0.476 e. The number of carbonyl (C=O) groups excluding carboxylic acids is 2. The third-order valence-corrected chi connectivity index (χ3v) is 6.23. The van der Waals surface area contributed by atoms with E-state index in [1.54, 1.807) is 41.0 Å². The van der Waals surface area contributed by atoms with Crippen LogP contribution in [0.3, 0.4) is 0 Å². The van der Waals surface area contributed by atoms with Crippen LogP contribution in [-0.2, 0) is 19.6 Å². The topological polar surface area (TPSA) is 87.2 Å². The lowest BCUT2D eigenvalue weighted by atomic mass is 10.2. The van der Waals surface area contributed by atoms with Crippen molar-refractivity contribution in [2.24, 2.45) is 0 Å². The minimum absolute atomic E-state index is 0.0418. The molecule has 2 aliphatic heterocycles. The van der Waals surface area contributed by atoms with Crippen molar-refractivity contribution in [3.8, 4) is 5.75 Å². The van der Waals surface area contributed by atoms with Gasteiger partial charge in [-0.2, -0.15) is 0 Å². The molecule has 25 heavy (non-hydrogen) atoms. The SMILES string of the molecule is CCS(=O)(=O)N1C[C@H](C(=O)N2CCN(C=O)CC2)Oc2ccccc21. The second-order valence-corrected chi connectivity index (χ2v) is 8.15. The van der Waals surface area contributed by atoms with Crippen LogP contribution < -0.4 is 9.04 Å². The number of sulfonamides is 1. The van der Waals surface area contributed by atoms with Gasteiger partial charge in [-0.1, -0.05) is 12.1 Å². The van der Waals surface area contributed by atoms with Gasteiger partial charge in [0.15, 0.2) is 6.10 Å². The second kappa shape index (κ2) is 6.91. The van der Waals surface area contributed by atoms with Crippen LogP contribution in [0.1, 0.15) is 6.92 Å². The van der Waals surface area contributed by atoms with Gasteiger partial charge in [0.1, 0.15) is 5.75 Å². The molecule has 3 rings (SSSR count). The molecule has 0 N–H and O–H groups in total. The number of carbonyl (C=O) groups is 2. The van der Waals surface area contributed by atoms with Crippen molar-refractivity contribution in [2.75, 3.05) is 42.8 Å². The molecule has 0 aromatic heterocycles. The number of hydrogen-bond donors (Lipinski definition) is 0. The van der Waals surface area contributed by atoms with Crippen molar-refractivity contribution < 1.29 is 22.7 Å². The van der Waals surface area contributed by atoms with Gasteiger partial charge in [0, 0.05) is 26.2 Å². The fourth-order valence-corrected chi connectivity index (χ4v) is 4.13.